The molecule has 0 spiro atoms. The van der Waals surface area contributed by atoms with Crippen molar-refractivity contribution in [2.75, 3.05) is 12.4 Å². The number of rotatable bonds is 7. The highest BCUT2D eigenvalue weighted by atomic mass is 79.9. The van der Waals surface area contributed by atoms with Gasteiger partial charge in [-0.15, -0.1) is 0 Å². The highest BCUT2D eigenvalue weighted by Gasteiger charge is 2.12. The number of ether oxygens (including phenoxy) is 2. The fraction of sp³-hybridized carbons (Fsp3) is 0.182. The number of halogens is 3. The molecule has 1 N–H and O–H groups in total. The smallest absolute Gasteiger partial charge is 0.162 e. The molecule has 3 rings (SSSR count). The fourth-order valence-electron chi connectivity index (χ4n) is 2.66. The van der Waals surface area contributed by atoms with Crippen LogP contribution in [0.1, 0.15) is 16.7 Å². The second-order valence-electron chi connectivity index (χ2n) is 6.29. The van der Waals surface area contributed by atoms with Crippen LogP contribution in [-0.4, -0.2) is 7.11 Å². The average molecular weight is 481 g/mol. The second kappa shape index (κ2) is 9.55. The van der Waals surface area contributed by atoms with Crippen molar-refractivity contribution in [3.05, 3.63) is 85.8 Å². The quantitative estimate of drug-likeness (QED) is 0.385. The molecule has 0 atom stereocenters. The van der Waals surface area contributed by atoms with E-state index in [2.05, 4.69) is 21.2 Å². The van der Waals surface area contributed by atoms with E-state index in [9.17, 15) is 0 Å². The van der Waals surface area contributed by atoms with E-state index in [1.807, 2.05) is 61.5 Å². The van der Waals surface area contributed by atoms with E-state index < -0.39 is 0 Å². The number of hydrogen-bond donors (Lipinski definition) is 1. The Bertz CT molecular complexity index is 979. The normalized spacial score (nSPS) is 10.6. The zero-order valence-corrected chi connectivity index (χ0v) is 18.7. The van der Waals surface area contributed by atoms with Gasteiger partial charge in [-0.05, 0) is 48.4 Å². The number of nitrogens with one attached hydrogen (secondary N) is 1. The van der Waals surface area contributed by atoms with Gasteiger partial charge in [0.1, 0.15) is 6.61 Å². The van der Waals surface area contributed by atoms with Crippen LogP contribution in [0, 0.1) is 6.92 Å². The topological polar surface area (TPSA) is 30.5 Å². The molecule has 146 valence electrons. The Kier molecular flexibility index (Phi) is 7.11. The third kappa shape index (κ3) is 5.13. The van der Waals surface area contributed by atoms with Crippen LogP contribution >= 0.6 is 39.1 Å². The summed E-state index contributed by atoms with van der Waals surface area (Å²) >= 11 is 16.0. The van der Waals surface area contributed by atoms with Gasteiger partial charge < -0.3 is 14.8 Å². The van der Waals surface area contributed by atoms with Gasteiger partial charge in [-0.25, -0.2) is 0 Å². The summed E-state index contributed by atoms with van der Waals surface area (Å²) in [6.45, 7) is 2.96. The van der Waals surface area contributed by atoms with Crippen LogP contribution in [0.15, 0.2) is 59.1 Å². The standard InChI is InChI=1S/C22H20BrCl2NO2/c1-14-7-8-17(10-20(14)25)26-12-16-9-21(27-2)22(11-18(16)23)28-13-15-5-3-4-6-19(15)24/h3-11,26H,12-13H2,1-2H3. The number of methoxy groups -OCH3 is 1. The van der Waals surface area contributed by atoms with Crippen molar-refractivity contribution in [3.63, 3.8) is 0 Å². The van der Waals surface area contributed by atoms with Crippen LogP contribution in [0.25, 0.3) is 0 Å². The molecule has 0 amide bonds. The van der Waals surface area contributed by atoms with Gasteiger partial charge in [-0.2, -0.15) is 0 Å². The Morgan fingerprint density at radius 1 is 0.929 bits per heavy atom. The summed E-state index contributed by atoms with van der Waals surface area (Å²) < 4.78 is 12.4. The Hall–Kier alpha value is -1.88. The molecule has 0 aliphatic carbocycles. The molecule has 3 nitrogen and oxygen atoms in total. The van der Waals surface area contributed by atoms with Crippen molar-refractivity contribution >= 4 is 44.8 Å². The lowest BCUT2D eigenvalue weighted by Crippen LogP contribution is -2.03. The molecule has 3 aromatic rings. The molecular weight excluding hydrogens is 461 g/mol. The van der Waals surface area contributed by atoms with Gasteiger partial charge in [-0.1, -0.05) is 63.4 Å². The lowest BCUT2D eigenvalue weighted by Gasteiger charge is -2.15. The summed E-state index contributed by atoms with van der Waals surface area (Å²) in [6, 6.07) is 17.4. The van der Waals surface area contributed by atoms with E-state index in [1.165, 1.54) is 0 Å². The zero-order valence-electron chi connectivity index (χ0n) is 15.6. The highest BCUT2D eigenvalue weighted by molar-refractivity contribution is 9.10. The molecule has 0 aromatic heterocycles. The molecule has 0 heterocycles. The molecule has 0 fully saturated rings. The Balaban J connectivity index is 1.73. The van der Waals surface area contributed by atoms with Crippen LogP contribution in [0.2, 0.25) is 10.0 Å². The summed E-state index contributed by atoms with van der Waals surface area (Å²) in [5.41, 5.74) is 3.97. The van der Waals surface area contributed by atoms with E-state index in [0.29, 0.717) is 29.7 Å². The number of aryl methyl sites for hydroxylation is 1. The second-order valence-corrected chi connectivity index (χ2v) is 7.96. The van der Waals surface area contributed by atoms with Crippen molar-refractivity contribution in [2.24, 2.45) is 0 Å². The summed E-state index contributed by atoms with van der Waals surface area (Å²) in [5.74, 6) is 1.31. The molecule has 3 aromatic carbocycles. The summed E-state index contributed by atoms with van der Waals surface area (Å²) in [4.78, 5) is 0. The molecule has 6 heteroatoms. The van der Waals surface area contributed by atoms with Crippen molar-refractivity contribution in [3.8, 4) is 11.5 Å². The van der Waals surface area contributed by atoms with Crippen molar-refractivity contribution in [1.82, 2.24) is 0 Å². The van der Waals surface area contributed by atoms with Gasteiger partial charge in [0.25, 0.3) is 0 Å². The fourth-order valence-corrected chi connectivity index (χ4v) is 3.49. The number of anilines is 1. The minimum atomic E-state index is 0.363. The maximum Gasteiger partial charge on any atom is 0.162 e. The van der Waals surface area contributed by atoms with Crippen LogP contribution in [0.4, 0.5) is 5.69 Å². The van der Waals surface area contributed by atoms with Gasteiger partial charge >= 0.3 is 0 Å². The molecule has 0 aliphatic rings. The van der Waals surface area contributed by atoms with E-state index in [4.69, 9.17) is 32.7 Å². The van der Waals surface area contributed by atoms with E-state index in [0.717, 1.165) is 31.9 Å². The molecule has 0 radical (unpaired) electrons. The van der Waals surface area contributed by atoms with Gasteiger partial charge in [0, 0.05) is 32.3 Å². The molecule has 0 saturated heterocycles. The first kappa shape index (κ1) is 20.8. The average Bonchev–Trinajstić information content (AvgIpc) is 2.69. The molecule has 0 bridgehead atoms. The van der Waals surface area contributed by atoms with Crippen molar-refractivity contribution < 1.29 is 9.47 Å². The first-order chi connectivity index (χ1) is 13.5. The lowest BCUT2D eigenvalue weighted by molar-refractivity contribution is 0.284. The van der Waals surface area contributed by atoms with Gasteiger partial charge in [-0.3, -0.25) is 0 Å². The largest absolute Gasteiger partial charge is 0.493 e. The third-order valence-corrected chi connectivity index (χ3v) is 5.84. The first-order valence-electron chi connectivity index (χ1n) is 8.70. The van der Waals surface area contributed by atoms with Gasteiger partial charge in [0.05, 0.1) is 7.11 Å². The van der Waals surface area contributed by atoms with Crippen LogP contribution in [-0.2, 0) is 13.2 Å². The monoisotopic (exact) mass is 479 g/mol. The minimum absolute atomic E-state index is 0.363. The first-order valence-corrected chi connectivity index (χ1v) is 10.3. The SMILES string of the molecule is COc1cc(CNc2ccc(C)c(Cl)c2)c(Br)cc1OCc1ccccc1Cl. The number of benzene rings is 3. The van der Waals surface area contributed by atoms with Crippen molar-refractivity contribution in [1.29, 1.82) is 0 Å². The van der Waals surface area contributed by atoms with Crippen molar-refractivity contribution in [2.45, 2.75) is 20.1 Å². The lowest BCUT2D eigenvalue weighted by atomic mass is 10.1. The zero-order chi connectivity index (χ0) is 20.1. The van der Waals surface area contributed by atoms with Gasteiger partial charge in [0.15, 0.2) is 11.5 Å². The third-order valence-electron chi connectivity index (χ3n) is 4.33. The van der Waals surface area contributed by atoms with E-state index in [-0.39, 0.29) is 0 Å². The van der Waals surface area contributed by atoms with Crippen LogP contribution < -0.4 is 14.8 Å². The Morgan fingerprint density at radius 3 is 2.43 bits per heavy atom. The predicted octanol–water partition coefficient (Wildman–Crippen LogP) is 7.26. The highest BCUT2D eigenvalue weighted by Crippen LogP contribution is 2.35. The van der Waals surface area contributed by atoms with E-state index in [1.54, 1.807) is 7.11 Å². The Labute approximate surface area is 183 Å². The summed E-state index contributed by atoms with van der Waals surface area (Å²) in [6.07, 6.45) is 0. The van der Waals surface area contributed by atoms with Crippen LogP contribution in [0.5, 0.6) is 11.5 Å². The predicted molar refractivity (Wildman–Crippen MR) is 120 cm³/mol. The molecular formula is C22H20BrCl2NO2. The Morgan fingerprint density at radius 2 is 1.71 bits per heavy atom. The van der Waals surface area contributed by atoms with Crippen LogP contribution in [0.3, 0.4) is 0 Å². The number of hydrogen-bond acceptors (Lipinski definition) is 3. The maximum absolute atomic E-state index is 6.20. The molecule has 0 saturated carbocycles. The molecule has 28 heavy (non-hydrogen) atoms. The summed E-state index contributed by atoms with van der Waals surface area (Å²) in [7, 11) is 1.63. The minimum Gasteiger partial charge on any atom is -0.493 e. The van der Waals surface area contributed by atoms with Gasteiger partial charge in [0.2, 0.25) is 0 Å². The summed E-state index contributed by atoms with van der Waals surface area (Å²) in [5, 5.41) is 4.80. The van der Waals surface area contributed by atoms with E-state index >= 15 is 0 Å². The molecule has 0 aliphatic heterocycles. The maximum atomic E-state index is 6.20. The molecule has 0 unspecified atom stereocenters.